The van der Waals surface area contributed by atoms with Gasteiger partial charge in [-0.15, -0.1) is 0 Å². The normalized spacial score (nSPS) is 11.9. The van der Waals surface area contributed by atoms with Crippen LogP contribution in [0.5, 0.6) is 0 Å². The van der Waals surface area contributed by atoms with Crippen molar-refractivity contribution in [2.45, 2.75) is 0 Å². The lowest BCUT2D eigenvalue weighted by Gasteiger charge is -2.16. The van der Waals surface area contributed by atoms with Crippen molar-refractivity contribution in [1.82, 2.24) is 0 Å². The van der Waals surface area contributed by atoms with E-state index in [-0.39, 0.29) is 0 Å². The molecule has 0 spiro atoms. The molecule has 0 bridgehead atoms. The minimum Gasteiger partial charge on any atom is -0.464 e. The Labute approximate surface area is 179 Å². The lowest BCUT2D eigenvalue weighted by atomic mass is 9.87. The summed E-state index contributed by atoms with van der Waals surface area (Å²) in [5.74, 6) is 0. The molecule has 7 aromatic rings. The van der Waals surface area contributed by atoms with Crippen LogP contribution in [-0.2, 0) is 0 Å². The largest absolute Gasteiger partial charge is 0.464 e. The highest BCUT2D eigenvalue weighted by Crippen LogP contribution is 2.43. The second-order valence-corrected chi connectivity index (χ2v) is 8.16. The Hall–Kier alpha value is -4.10. The molecule has 0 amide bonds. The van der Waals surface area contributed by atoms with E-state index >= 15 is 0 Å². The molecule has 0 aliphatic carbocycles. The zero-order chi connectivity index (χ0) is 20.4. The second-order valence-electron chi connectivity index (χ2n) is 8.16. The third-order valence-electron chi connectivity index (χ3n) is 6.52. The Balaban J connectivity index is 1.61. The summed E-state index contributed by atoms with van der Waals surface area (Å²) in [4.78, 5) is 0. The molecule has 0 saturated carbocycles. The number of hydrogen-bond acceptors (Lipinski definition) is 1. The maximum atomic E-state index is 5.87. The van der Waals surface area contributed by atoms with Crippen LogP contribution in [0.3, 0.4) is 0 Å². The van der Waals surface area contributed by atoms with Gasteiger partial charge in [0.2, 0.25) is 0 Å². The van der Waals surface area contributed by atoms with E-state index in [1.807, 2.05) is 18.4 Å². The zero-order valence-corrected chi connectivity index (χ0v) is 16.8. The van der Waals surface area contributed by atoms with Gasteiger partial charge in [0.15, 0.2) is 0 Å². The van der Waals surface area contributed by atoms with Crippen molar-refractivity contribution in [3.8, 4) is 22.3 Å². The highest BCUT2D eigenvalue weighted by Gasteiger charge is 2.16. The number of furan rings is 1. The van der Waals surface area contributed by atoms with Crippen LogP contribution in [0.15, 0.2) is 114 Å². The third-order valence-corrected chi connectivity index (χ3v) is 6.52. The minimum absolute atomic E-state index is 0.926. The Morgan fingerprint density at radius 1 is 0.419 bits per heavy atom. The van der Waals surface area contributed by atoms with Crippen molar-refractivity contribution in [2.24, 2.45) is 0 Å². The molecule has 0 unspecified atom stereocenters. The molecular weight excluding hydrogens is 376 g/mol. The van der Waals surface area contributed by atoms with Crippen LogP contribution in [0.4, 0.5) is 0 Å². The van der Waals surface area contributed by atoms with Crippen molar-refractivity contribution in [1.29, 1.82) is 0 Å². The summed E-state index contributed by atoms with van der Waals surface area (Å²) in [6, 6.07) is 37.0. The molecule has 1 heterocycles. The molecule has 0 atom stereocenters. The molecule has 7 rings (SSSR count). The molecule has 0 fully saturated rings. The van der Waals surface area contributed by atoms with Crippen LogP contribution in [0.2, 0.25) is 0 Å². The van der Waals surface area contributed by atoms with Crippen LogP contribution >= 0.6 is 0 Å². The predicted octanol–water partition coefficient (Wildman–Crippen LogP) is 8.66. The average Bonchev–Trinajstić information content (AvgIpc) is 3.27. The maximum Gasteiger partial charge on any atom is 0.134 e. The Morgan fingerprint density at radius 2 is 1.03 bits per heavy atom. The SMILES string of the molecule is c1ccc(-c2ccc3ccc4c(-c5coc6ccccc56)ccc5ccc2c3c54)cc1. The van der Waals surface area contributed by atoms with E-state index in [0.717, 1.165) is 16.5 Å². The number of hydrogen-bond donors (Lipinski definition) is 0. The van der Waals surface area contributed by atoms with Gasteiger partial charge in [-0.2, -0.15) is 0 Å². The molecule has 0 saturated heterocycles. The van der Waals surface area contributed by atoms with Gasteiger partial charge in [0.05, 0.1) is 6.26 Å². The van der Waals surface area contributed by atoms with E-state index in [0.29, 0.717) is 0 Å². The van der Waals surface area contributed by atoms with E-state index in [9.17, 15) is 0 Å². The number of para-hydroxylation sites is 1. The summed E-state index contributed by atoms with van der Waals surface area (Å²) in [5, 5.41) is 8.95. The van der Waals surface area contributed by atoms with Crippen molar-refractivity contribution in [2.75, 3.05) is 0 Å². The number of rotatable bonds is 2. The standard InChI is InChI=1S/C30H18O/c1-2-6-19(7-3-1)22-14-10-20-13-17-26-23(27-18-31-28-9-5-4-8-24(27)28)15-11-21-12-16-25(22)29(20)30(21)26/h1-18H. The second kappa shape index (κ2) is 6.20. The van der Waals surface area contributed by atoms with Crippen LogP contribution < -0.4 is 0 Å². The van der Waals surface area contributed by atoms with E-state index in [1.165, 1.54) is 49.0 Å². The van der Waals surface area contributed by atoms with E-state index < -0.39 is 0 Å². The summed E-state index contributed by atoms with van der Waals surface area (Å²) in [6.07, 6.45) is 1.90. The molecule has 1 nitrogen and oxygen atoms in total. The fourth-order valence-corrected chi connectivity index (χ4v) is 5.09. The molecular formula is C30H18O. The first-order chi connectivity index (χ1) is 15.4. The average molecular weight is 394 g/mol. The highest BCUT2D eigenvalue weighted by molar-refractivity contribution is 6.28. The van der Waals surface area contributed by atoms with Gasteiger partial charge in [0.1, 0.15) is 5.58 Å². The van der Waals surface area contributed by atoms with Gasteiger partial charge in [-0.3, -0.25) is 0 Å². The van der Waals surface area contributed by atoms with E-state index in [2.05, 4.69) is 91.0 Å². The first kappa shape index (κ1) is 16.7. The molecule has 31 heavy (non-hydrogen) atoms. The van der Waals surface area contributed by atoms with Gasteiger partial charge in [-0.1, -0.05) is 97.1 Å². The predicted molar refractivity (Wildman–Crippen MR) is 131 cm³/mol. The summed E-state index contributed by atoms with van der Waals surface area (Å²) < 4.78 is 5.87. The quantitative estimate of drug-likeness (QED) is 0.267. The van der Waals surface area contributed by atoms with E-state index in [1.54, 1.807) is 0 Å². The lowest BCUT2D eigenvalue weighted by molar-refractivity contribution is 0.617. The van der Waals surface area contributed by atoms with Gasteiger partial charge < -0.3 is 4.42 Å². The smallest absolute Gasteiger partial charge is 0.134 e. The monoisotopic (exact) mass is 394 g/mol. The molecule has 0 aliphatic rings. The molecule has 144 valence electrons. The van der Waals surface area contributed by atoms with Crippen LogP contribution in [0, 0.1) is 0 Å². The van der Waals surface area contributed by atoms with Crippen LogP contribution in [0.1, 0.15) is 0 Å². The van der Waals surface area contributed by atoms with Gasteiger partial charge in [-0.05, 0) is 55.1 Å². The summed E-state index contributed by atoms with van der Waals surface area (Å²) in [6.45, 7) is 0. The fourth-order valence-electron chi connectivity index (χ4n) is 5.09. The van der Waals surface area contributed by atoms with Crippen molar-refractivity contribution in [3.05, 3.63) is 109 Å². The van der Waals surface area contributed by atoms with Gasteiger partial charge in [0.25, 0.3) is 0 Å². The first-order valence-corrected chi connectivity index (χ1v) is 10.6. The molecule has 1 heteroatoms. The molecule has 0 aliphatic heterocycles. The summed E-state index contributed by atoms with van der Waals surface area (Å²) in [5.41, 5.74) is 5.83. The number of fused-ring (bicyclic) bond motifs is 1. The van der Waals surface area contributed by atoms with Crippen molar-refractivity contribution in [3.63, 3.8) is 0 Å². The molecule has 6 aromatic carbocycles. The van der Waals surface area contributed by atoms with Crippen LogP contribution in [-0.4, -0.2) is 0 Å². The van der Waals surface area contributed by atoms with Gasteiger partial charge in [0, 0.05) is 10.9 Å². The minimum atomic E-state index is 0.926. The Kier molecular flexibility index (Phi) is 3.33. The lowest BCUT2D eigenvalue weighted by Crippen LogP contribution is -1.89. The van der Waals surface area contributed by atoms with Crippen molar-refractivity contribution < 1.29 is 4.42 Å². The van der Waals surface area contributed by atoms with Gasteiger partial charge >= 0.3 is 0 Å². The third kappa shape index (κ3) is 2.32. The molecule has 0 radical (unpaired) electrons. The Morgan fingerprint density at radius 3 is 1.81 bits per heavy atom. The molecule has 0 N–H and O–H groups in total. The zero-order valence-electron chi connectivity index (χ0n) is 16.8. The van der Waals surface area contributed by atoms with E-state index in [4.69, 9.17) is 4.42 Å². The summed E-state index contributed by atoms with van der Waals surface area (Å²) >= 11 is 0. The van der Waals surface area contributed by atoms with Crippen molar-refractivity contribution >= 4 is 43.3 Å². The topological polar surface area (TPSA) is 13.1 Å². The Bertz CT molecular complexity index is 1720. The van der Waals surface area contributed by atoms with Gasteiger partial charge in [-0.25, -0.2) is 0 Å². The summed E-state index contributed by atoms with van der Waals surface area (Å²) in [7, 11) is 0. The number of benzene rings is 6. The first-order valence-electron chi connectivity index (χ1n) is 10.6. The fraction of sp³-hybridized carbons (Fsp3) is 0. The van der Waals surface area contributed by atoms with Crippen LogP contribution in [0.25, 0.3) is 65.5 Å². The maximum absolute atomic E-state index is 5.87. The molecule has 1 aromatic heterocycles. The highest BCUT2D eigenvalue weighted by atomic mass is 16.3.